The van der Waals surface area contributed by atoms with E-state index in [0.29, 0.717) is 41.8 Å². The van der Waals surface area contributed by atoms with Crippen LogP contribution in [-0.2, 0) is 9.53 Å². The second kappa shape index (κ2) is 12.3. The van der Waals surface area contributed by atoms with Crippen molar-refractivity contribution >= 4 is 28.6 Å². The first kappa shape index (κ1) is 29.7. The summed E-state index contributed by atoms with van der Waals surface area (Å²) in [6.45, 7) is 15.9. The quantitative estimate of drug-likeness (QED) is 0.164. The third-order valence-corrected chi connectivity index (χ3v) is 7.12. The van der Waals surface area contributed by atoms with Crippen LogP contribution in [-0.4, -0.2) is 42.4 Å². The number of ether oxygens (including phenoxy) is 2. The molecule has 0 saturated carbocycles. The average Bonchev–Trinajstić information content (AvgIpc) is 2.84. The molecule has 0 saturated heterocycles. The molecule has 0 N–H and O–H groups in total. The lowest BCUT2D eigenvalue weighted by Gasteiger charge is -2.33. The van der Waals surface area contributed by atoms with Crippen LogP contribution in [0.5, 0.6) is 5.75 Å². The molecule has 2 amide bonds. The van der Waals surface area contributed by atoms with Gasteiger partial charge in [0.05, 0.1) is 19.1 Å². The number of imide groups is 1. The molecule has 2 aromatic carbocycles. The number of nitrogens with zero attached hydrogens (tertiary/aromatic N) is 1. The Kier molecular flexibility index (Phi) is 9.61. The summed E-state index contributed by atoms with van der Waals surface area (Å²) >= 11 is 0. The van der Waals surface area contributed by atoms with Gasteiger partial charge in [-0.3, -0.25) is 19.3 Å². The van der Waals surface area contributed by atoms with E-state index in [1.165, 1.54) is 4.90 Å². The van der Waals surface area contributed by atoms with Gasteiger partial charge in [-0.15, -0.1) is 0 Å². The van der Waals surface area contributed by atoms with Crippen molar-refractivity contribution in [3.8, 4) is 5.75 Å². The molecular formula is C32H45NO5. The molecule has 0 aliphatic carbocycles. The van der Waals surface area contributed by atoms with Crippen molar-refractivity contribution in [3.63, 3.8) is 0 Å². The third-order valence-electron chi connectivity index (χ3n) is 7.12. The van der Waals surface area contributed by atoms with Crippen molar-refractivity contribution in [2.24, 2.45) is 16.7 Å². The highest BCUT2D eigenvalue weighted by Gasteiger charge is 2.36. The SMILES string of the molecule is CCCCCCN1C(=O)c2cccc3c(OCCCOC(=O)C(CC(C)(C)C)C(C)(C)C)ccc(c23)C1=O. The van der Waals surface area contributed by atoms with Crippen LogP contribution in [0.25, 0.3) is 10.8 Å². The zero-order valence-electron chi connectivity index (χ0n) is 24.3. The third kappa shape index (κ3) is 7.15. The minimum Gasteiger partial charge on any atom is -0.493 e. The first-order valence-electron chi connectivity index (χ1n) is 14.1. The van der Waals surface area contributed by atoms with Gasteiger partial charge in [0.15, 0.2) is 0 Å². The summed E-state index contributed by atoms with van der Waals surface area (Å²) in [4.78, 5) is 40.6. The molecule has 6 heteroatoms. The molecule has 0 radical (unpaired) electrons. The van der Waals surface area contributed by atoms with E-state index in [1.807, 2.05) is 12.1 Å². The van der Waals surface area contributed by atoms with Crippen LogP contribution >= 0.6 is 0 Å². The summed E-state index contributed by atoms with van der Waals surface area (Å²) in [6, 6.07) is 9.06. The van der Waals surface area contributed by atoms with Gasteiger partial charge in [0, 0.05) is 34.9 Å². The molecule has 1 atom stereocenters. The van der Waals surface area contributed by atoms with E-state index < -0.39 is 0 Å². The Hall–Kier alpha value is -2.89. The van der Waals surface area contributed by atoms with E-state index in [0.717, 1.165) is 37.5 Å². The minimum absolute atomic E-state index is 0.0313. The van der Waals surface area contributed by atoms with Gasteiger partial charge >= 0.3 is 5.97 Å². The molecule has 1 aliphatic heterocycles. The standard InChI is InChI=1S/C32H45NO5/c1-8-9-10-11-18-33-28(34)23-15-12-14-22-26(17-16-24(27(22)23)29(33)35)37-19-13-20-38-30(36)25(32(5,6)7)21-31(2,3)4/h12,14-17,25H,8-11,13,18-21H2,1-7H3. The lowest BCUT2D eigenvalue weighted by atomic mass is 9.72. The van der Waals surface area contributed by atoms with Crippen LogP contribution in [0.2, 0.25) is 0 Å². The molecule has 2 aromatic rings. The Morgan fingerprint density at radius 3 is 2.18 bits per heavy atom. The van der Waals surface area contributed by atoms with Crippen molar-refractivity contribution in [3.05, 3.63) is 41.5 Å². The molecule has 0 aromatic heterocycles. The second-order valence-corrected chi connectivity index (χ2v) is 12.7. The van der Waals surface area contributed by atoms with Gasteiger partial charge in [-0.25, -0.2) is 0 Å². The number of carbonyl (C=O) groups is 3. The Labute approximate surface area is 228 Å². The Bertz CT molecular complexity index is 1130. The zero-order valence-corrected chi connectivity index (χ0v) is 24.3. The molecule has 0 bridgehead atoms. The smallest absolute Gasteiger partial charge is 0.309 e. The van der Waals surface area contributed by atoms with E-state index in [1.54, 1.807) is 18.2 Å². The summed E-state index contributed by atoms with van der Waals surface area (Å²) in [5.41, 5.74) is 0.936. The van der Waals surface area contributed by atoms with Gasteiger partial charge in [-0.05, 0) is 41.9 Å². The molecule has 38 heavy (non-hydrogen) atoms. The van der Waals surface area contributed by atoms with Gasteiger partial charge in [0.25, 0.3) is 11.8 Å². The highest BCUT2D eigenvalue weighted by Crippen LogP contribution is 2.37. The summed E-state index contributed by atoms with van der Waals surface area (Å²) in [6.07, 6.45) is 5.32. The van der Waals surface area contributed by atoms with Crippen LogP contribution in [0.3, 0.4) is 0 Å². The minimum atomic E-state index is -0.239. The molecule has 1 aliphatic rings. The highest BCUT2D eigenvalue weighted by atomic mass is 16.5. The van der Waals surface area contributed by atoms with Gasteiger partial charge in [0.1, 0.15) is 5.75 Å². The average molecular weight is 524 g/mol. The topological polar surface area (TPSA) is 72.9 Å². The van der Waals surface area contributed by atoms with Crippen molar-refractivity contribution in [2.75, 3.05) is 19.8 Å². The maximum atomic E-state index is 13.2. The normalized spacial score (nSPS) is 14.7. The van der Waals surface area contributed by atoms with Crippen LogP contribution in [0.1, 0.15) is 108 Å². The van der Waals surface area contributed by atoms with E-state index in [9.17, 15) is 14.4 Å². The maximum absolute atomic E-state index is 13.2. The first-order chi connectivity index (χ1) is 17.8. The number of unbranched alkanes of at least 4 members (excludes halogenated alkanes) is 3. The molecule has 3 rings (SSSR count). The molecule has 0 fully saturated rings. The number of esters is 1. The lowest BCUT2D eigenvalue weighted by Crippen LogP contribution is -2.40. The largest absolute Gasteiger partial charge is 0.493 e. The van der Waals surface area contributed by atoms with Gasteiger partial charge < -0.3 is 9.47 Å². The fourth-order valence-electron chi connectivity index (χ4n) is 5.01. The number of hydrogen-bond donors (Lipinski definition) is 0. The van der Waals surface area contributed by atoms with Crippen LogP contribution in [0, 0.1) is 16.7 Å². The predicted molar refractivity (Wildman–Crippen MR) is 152 cm³/mol. The fourth-order valence-corrected chi connectivity index (χ4v) is 5.01. The molecule has 208 valence electrons. The highest BCUT2D eigenvalue weighted by molar-refractivity contribution is 6.26. The Balaban J connectivity index is 1.64. The number of rotatable bonds is 12. The Morgan fingerprint density at radius 2 is 1.55 bits per heavy atom. The van der Waals surface area contributed by atoms with Crippen LogP contribution in [0.4, 0.5) is 0 Å². The summed E-state index contributed by atoms with van der Waals surface area (Å²) in [5, 5.41) is 1.41. The van der Waals surface area contributed by atoms with Crippen molar-refractivity contribution in [1.29, 1.82) is 0 Å². The monoisotopic (exact) mass is 523 g/mol. The number of benzene rings is 2. The van der Waals surface area contributed by atoms with Gasteiger partial charge in [0.2, 0.25) is 0 Å². The number of carbonyl (C=O) groups excluding carboxylic acids is 3. The second-order valence-electron chi connectivity index (χ2n) is 12.7. The molecule has 1 unspecified atom stereocenters. The van der Waals surface area contributed by atoms with E-state index in [4.69, 9.17) is 9.47 Å². The molecule has 6 nitrogen and oxygen atoms in total. The summed E-state index contributed by atoms with van der Waals surface area (Å²) in [5.74, 6) is -0.195. The first-order valence-corrected chi connectivity index (χ1v) is 14.1. The van der Waals surface area contributed by atoms with Gasteiger partial charge in [-0.2, -0.15) is 0 Å². The lowest BCUT2D eigenvalue weighted by molar-refractivity contribution is -0.154. The number of hydrogen-bond acceptors (Lipinski definition) is 5. The van der Waals surface area contributed by atoms with Crippen molar-refractivity contribution in [2.45, 2.75) is 87.0 Å². The van der Waals surface area contributed by atoms with Gasteiger partial charge in [-0.1, -0.05) is 79.9 Å². The van der Waals surface area contributed by atoms with Crippen LogP contribution < -0.4 is 4.74 Å². The maximum Gasteiger partial charge on any atom is 0.309 e. The van der Waals surface area contributed by atoms with Crippen molar-refractivity contribution in [1.82, 2.24) is 4.90 Å². The zero-order chi connectivity index (χ0) is 28.1. The summed E-state index contributed by atoms with van der Waals surface area (Å²) in [7, 11) is 0. The van der Waals surface area contributed by atoms with E-state index >= 15 is 0 Å². The molecular weight excluding hydrogens is 478 g/mol. The predicted octanol–water partition coefficient (Wildman–Crippen LogP) is 7.43. The van der Waals surface area contributed by atoms with Crippen LogP contribution in [0.15, 0.2) is 30.3 Å². The number of amides is 2. The molecule has 1 heterocycles. The summed E-state index contributed by atoms with van der Waals surface area (Å²) < 4.78 is 11.7. The van der Waals surface area contributed by atoms with Crippen molar-refractivity contribution < 1.29 is 23.9 Å². The van der Waals surface area contributed by atoms with E-state index in [-0.39, 0.29) is 41.1 Å². The Morgan fingerprint density at radius 1 is 0.868 bits per heavy atom. The fraction of sp³-hybridized carbons (Fsp3) is 0.594. The molecule has 0 spiro atoms. The van der Waals surface area contributed by atoms with E-state index in [2.05, 4.69) is 48.5 Å².